The topological polar surface area (TPSA) is 122 Å². The molecule has 0 saturated heterocycles. The molecule has 0 fully saturated rings. The summed E-state index contributed by atoms with van der Waals surface area (Å²) in [6.45, 7) is 5.65. The number of alkyl carbamates (subject to hydrolysis) is 1. The van der Waals surface area contributed by atoms with Crippen molar-refractivity contribution in [2.45, 2.75) is 39.3 Å². The van der Waals surface area contributed by atoms with Crippen molar-refractivity contribution >= 4 is 23.6 Å². The fourth-order valence-electron chi connectivity index (χ4n) is 2.28. The van der Waals surface area contributed by atoms with Crippen LogP contribution in [0.25, 0.3) is 0 Å². The van der Waals surface area contributed by atoms with Gasteiger partial charge in [-0.15, -0.1) is 0 Å². The van der Waals surface area contributed by atoms with E-state index in [0.717, 1.165) is 5.56 Å². The summed E-state index contributed by atoms with van der Waals surface area (Å²) in [5.74, 6) is -0.630. The third kappa shape index (κ3) is 7.96. The molecule has 3 N–H and O–H groups in total. The number of carbonyl (C=O) groups is 3. The number of aromatic nitrogens is 2. The van der Waals surface area contributed by atoms with Gasteiger partial charge in [0.2, 0.25) is 5.91 Å². The van der Waals surface area contributed by atoms with Gasteiger partial charge >= 0.3 is 6.09 Å². The van der Waals surface area contributed by atoms with Crippen LogP contribution in [0, 0.1) is 0 Å². The molecule has 1 heterocycles. The molecule has 0 unspecified atom stereocenters. The largest absolute Gasteiger partial charge is 0.444 e. The highest BCUT2D eigenvalue weighted by Crippen LogP contribution is 2.15. The fraction of sp³-hybridized carbons (Fsp3) is 0.350. The fourth-order valence-corrected chi connectivity index (χ4v) is 2.28. The second-order valence-corrected chi connectivity index (χ2v) is 7.16. The molecule has 154 valence electrons. The van der Waals surface area contributed by atoms with Crippen LogP contribution >= 0.6 is 0 Å². The van der Waals surface area contributed by atoms with Crippen molar-refractivity contribution in [3.8, 4) is 0 Å². The molecule has 1 aromatic heterocycles. The first-order valence-electron chi connectivity index (χ1n) is 9.13. The summed E-state index contributed by atoms with van der Waals surface area (Å²) in [6.07, 6.45) is 3.81. The summed E-state index contributed by atoms with van der Waals surface area (Å²) in [7, 11) is 0. The van der Waals surface area contributed by atoms with E-state index in [1.807, 2.05) is 6.07 Å². The number of amides is 3. The number of ether oxygens (including phenoxy) is 1. The zero-order valence-electron chi connectivity index (χ0n) is 16.7. The van der Waals surface area contributed by atoms with Gasteiger partial charge in [0, 0.05) is 37.6 Å². The van der Waals surface area contributed by atoms with Gasteiger partial charge in [0.1, 0.15) is 11.3 Å². The molecule has 0 saturated carbocycles. The van der Waals surface area contributed by atoms with Gasteiger partial charge in [-0.3, -0.25) is 14.6 Å². The molecule has 9 nitrogen and oxygen atoms in total. The molecule has 9 heteroatoms. The van der Waals surface area contributed by atoms with Crippen LogP contribution < -0.4 is 16.0 Å². The van der Waals surface area contributed by atoms with Crippen LogP contribution in [-0.4, -0.2) is 40.0 Å². The minimum Gasteiger partial charge on any atom is -0.444 e. The van der Waals surface area contributed by atoms with Crippen LogP contribution in [0.3, 0.4) is 0 Å². The van der Waals surface area contributed by atoms with Crippen molar-refractivity contribution < 1.29 is 19.1 Å². The Bertz CT molecular complexity index is 849. The number of hydrogen-bond acceptors (Lipinski definition) is 6. The van der Waals surface area contributed by atoms with E-state index in [-0.39, 0.29) is 37.0 Å². The van der Waals surface area contributed by atoms with E-state index in [1.165, 1.54) is 18.6 Å². The zero-order valence-corrected chi connectivity index (χ0v) is 16.7. The maximum Gasteiger partial charge on any atom is 0.407 e. The molecule has 0 bridgehead atoms. The molecular weight excluding hydrogens is 374 g/mol. The summed E-state index contributed by atoms with van der Waals surface area (Å²) >= 11 is 0. The Balaban J connectivity index is 1.84. The van der Waals surface area contributed by atoms with Crippen molar-refractivity contribution in [3.63, 3.8) is 0 Å². The van der Waals surface area contributed by atoms with Crippen LogP contribution in [0.4, 0.5) is 10.5 Å². The Morgan fingerprint density at radius 1 is 1.07 bits per heavy atom. The van der Waals surface area contributed by atoms with Gasteiger partial charge in [-0.25, -0.2) is 9.78 Å². The van der Waals surface area contributed by atoms with E-state index in [1.54, 1.807) is 39.0 Å². The van der Waals surface area contributed by atoms with Gasteiger partial charge in [0.15, 0.2) is 0 Å². The van der Waals surface area contributed by atoms with Gasteiger partial charge in [-0.05, 0) is 32.4 Å². The van der Waals surface area contributed by atoms with E-state index >= 15 is 0 Å². The second kappa shape index (κ2) is 10.2. The van der Waals surface area contributed by atoms with Crippen molar-refractivity contribution in [2.24, 2.45) is 0 Å². The zero-order chi connectivity index (χ0) is 21.3. The Labute approximate surface area is 169 Å². The standard InChI is InChI=1S/C20H25N5O4/c1-20(2,3)29-19(28)23-9-8-17(26)25-15-7-5-4-6-14(15)12-24-18(27)16-13-21-10-11-22-16/h4-7,10-11,13H,8-9,12H2,1-3H3,(H,23,28)(H,24,27)(H,25,26). The number of nitrogens with one attached hydrogen (secondary N) is 3. The highest BCUT2D eigenvalue weighted by Gasteiger charge is 2.16. The van der Waals surface area contributed by atoms with E-state index in [4.69, 9.17) is 4.74 Å². The molecule has 0 aliphatic rings. The number of hydrogen-bond donors (Lipinski definition) is 3. The molecule has 0 aliphatic carbocycles. The quantitative estimate of drug-likeness (QED) is 0.656. The molecule has 29 heavy (non-hydrogen) atoms. The van der Waals surface area contributed by atoms with Gasteiger partial charge in [-0.1, -0.05) is 18.2 Å². The summed E-state index contributed by atoms with van der Waals surface area (Å²) < 4.78 is 5.12. The Kier molecular flexibility index (Phi) is 7.64. The molecule has 0 aliphatic heterocycles. The minimum absolute atomic E-state index is 0.0829. The molecule has 1 aromatic carbocycles. The van der Waals surface area contributed by atoms with Crippen molar-refractivity contribution in [2.75, 3.05) is 11.9 Å². The maximum atomic E-state index is 12.2. The van der Waals surface area contributed by atoms with Crippen LogP contribution in [0.5, 0.6) is 0 Å². The molecule has 3 amide bonds. The van der Waals surface area contributed by atoms with Gasteiger partial charge in [0.05, 0.1) is 6.20 Å². The van der Waals surface area contributed by atoms with Crippen LogP contribution in [-0.2, 0) is 16.1 Å². The summed E-state index contributed by atoms with van der Waals surface area (Å²) in [5.41, 5.74) is 0.927. The predicted octanol–water partition coefficient (Wildman–Crippen LogP) is 2.26. The second-order valence-electron chi connectivity index (χ2n) is 7.16. The minimum atomic E-state index is -0.596. The third-order valence-electron chi connectivity index (χ3n) is 3.55. The number of anilines is 1. The van der Waals surface area contributed by atoms with E-state index in [0.29, 0.717) is 5.69 Å². The first kappa shape index (κ1) is 21.8. The van der Waals surface area contributed by atoms with E-state index < -0.39 is 11.7 Å². The van der Waals surface area contributed by atoms with Crippen LogP contribution in [0.2, 0.25) is 0 Å². The highest BCUT2D eigenvalue weighted by molar-refractivity contribution is 5.93. The summed E-state index contributed by atoms with van der Waals surface area (Å²) in [4.78, 5) is 43.7. The van der Waals surface area contributed by atoms with Crippen LogP contribution in [0.15, 0.2) is 42.9 Å². The van der Waals surface area contributed by atoms with Gasteiger partial charge < -0.3 is 20.7 Å². The first-order chi connectivity index (χ1) is 13.7. The predicted molar refractivity (Wildman–Crippen MR) is 107 cm³/mol. The van der Waals surface area contributed by atoms with E-state index in [2.05, 4.69) is 25.9 Å². The number of para-hydroxylation sites is 1. The van der Waals surface area contributed by atoms with Crippen LogP contribution in [0.1, 0.15) is 43.2 Å². The van der Waals surface area contributed by atoms with Gasteiger partial charge in [-0.2, -0.15) is 0 Å². The van der Waals surface area contributed by atoms with Gasteiger partial charge in [0.25, 0.3) is 5.91 Å². The molecule has 0 spiro atoms. The van der Waals surface area contributed by atoms with Crippen molar-refractivity contribution in [1.82, 2.24) is 20.6 Å². The number of nitrogens with zero attached hydrogens (tertiary/aromatic N) is 2. The number of carbonyl (C=O) groups excluding carboxylic acids is 3. The highest BCUT2D eigenvalue weighted by atomic mass is 16.6. The van der Waals surface area contributed by atoms with Crippen molar-refractivity contribution in [1.29, 1.82) is 0 Å². The lowest BCUT2D eigenvalue weighted by atomic mass is 10.1. The average molecular weight is 399 g/mol. The Morgan fingerprint density at radius 2 is 1.83 bits per heavy atom. The molecular formula is C20H25N5O4. The van der Waals surface area contributed by atoms with E-state index in [9.17, 15) is 14.4 Å². The Hall–Kier alpha value is -3.49. The lowest BCUT2D eigenvalue weighted by molar-refractivity contribution is -0.116. The SMILES string of the molecule is CC(C)(C)OC(=O)NCCC(=O)Nc1ccccc1CNC(=O)c1cnccn1. The number of rotatable bonds is 7. The first-order valence-corrected chi connectivity index (χ1v) is 9.13. The molecule has 2 rings (SSSR count). The average Bonchev–Trinajstić information content (AvgIpc) is 2.66. The monoisotopic (exact) mass is 399 g/mol. The molecule has 0 radical (unpaired) electrons. The van der Waals surface area contributed by atoms with Crippen molar-refractivity contribution in [3.05, 3.63) is 54.1 Å². The lowest BCUT2D eigenvalue weighted by Crippen LogP contribution is -2.34. The Morgan fingerprint density at radius 3 is 2.52 bits per heavy atom. The molecule has 2 aromatic rings. The third-order valence-corrected chi connectivity index (χ3v) is 3.55. The number of benzene rings is 1. The summed E-state index contributed by atoms with van der Waals surface area (Å²) in [5, 5.41) is 8.07. The maximum absolute atomic E-state index is 12.2. The lowest BCUT2D eigenvalue weighted by Gasteiger charge is -2.19. The summed E-state index contributed by atoms with van der Waals surface area (Å²) in [6, 6.07) is 7.13. The normalized spacial score (nSPS) is 10.7. The molecule has 0 atom stereocenters. The smallest absolute Gasteiger partial charge is 0.407 e.